The Kier molecular flexibility index (Phi) is 5.37. The van der Waals surface area contributed by atoms with Crippen LogP contribution in [0, 0.1) is 12.8 Å². The molecule has 4 rings (SSSR count). The van der Waals surface area contributed by atoms with Crippen molar-refractivity contribution in [1.82, 2.24) is 9.88 Å². The van der Waals surface area contributed by atoms with Gasteiger partial charge in [-0.1, -0.05) is 38.1 Å². The Hall–Kier alpha value is -2.73. The van der Waals surface area contributed by atoms with Gasteiger partial charge in [0.2, 0.25) is 11.8 Å². The summed E-state index contributed by atoms with van der Waals surface area (Å²) in [6.07, 6.45) is 0.978. The molecule has 0 radical (unpaired) electrons. The zero-order chi connectivity index (χ0) is 20.5. The number of hydrogen-bond acceptors (Lipinski definition) is 4. The molecule has 1 aliphatic heterocycles. The van der Waals surface area contributed by atoms with Crippen molar-refractivity contribution in [3.05, 3.63) is 58.6 Å². The van der Waals surface area contributed by atoms with Crippen molar-refractivity contribution >= 4 is 39.1 Å². The molecule has 0 saturated carbocycles. The molecule has 1 aromatic heterocycles. The molecule has 0 spiro atoms. The van der Waals surface area contributed by atoms with E-state index in [0.29, 0.717) is 19.4 Å². The number of fused-ring (bicyclic) bond motifs is 2. The Balaban J connectivity index is 1.59. The summed E-state index contributed by atoms with van der Waals surface area (Å²) in [5.74, 6) is 0.140. The fourth-order valence-corrected chi connectivity index (χ4v) is 4.70. The van der Waals surface area contributed by atoms with Gasteiger partial charge in [0.25, 0.3) is 0 Å². The maximum absolute atomic E-state index is 13.2. The van der Waals surface area contributed by atoms with Gasteiger partial charge in [0, 0.05) is 25.1 Å². The summed E-state index contributed by atoms with van der Waals surface area (Å²) < 4.78 is 1.04. The smallest absolute Gasteiger partial charge is 0.247 e. The minimum absolute atomic E-state index is 0.0307. The monoisotopic (exact) mass is 407 g/mol. The summed E-state index contributed by atoms with van der Waals surface area (Å²) >= 11 is 1.60. The number of thiazole rings is 1. The topological polar surface area (TPSA) is 62.3 Å². The third-order valence-electron chi connectivity index (χ3n) is 5.22. The van der Waals surface area contributed by atoms with Crippen LogP contribution in [-0.4, -0.2) is 27.7 Å². The number of hydrogen-bond donors (Lipinski definition) is 1. The van der Waals surface area contributed by atoms with E-state index in [1.165, 1.54) is 0 Å². The second-order valence-electron chi connectivity index (χ2n) is 8.01. The van der Waals surface area contributed by atoms with Gasteiger partial charge in [-0.25, -0.2) is 4.98 Å². The summed E-state index contributed by atoms with van der Waals surface area (Å²) in [7, 11) is 0. The molecule has 5 nitrogen and oxygen atoms in total. The number of anilines is 1. The van der Waals surface area contributed by atoms with E-state index in [-0.39, 0.29) is 17.7 Å². The number of benzene rings is 2. The SMILES string of the molecule is Cc1nc2ccc(NC(=O)C3Cc4ccccc4CN3C(=O)CC(C)C)cc2s1. The minimum Gasteiger partial charge on any atom is -0.326 e. The summed E-state index contributed by atoms with van der Waals surface area (Å²) in [6.45, 7) is 6.50. The van der Waals surface area contributed by atoms with Crippen molar-refractivity contribution in [3.8, 4) is 0 Å². The standard InChI is InChI=1S/C23H25N3O2S/c1-14(2)10-22(27)26-13-17-7-5-4-6-16(17)11-20(26)23(28)25-18-8-9-19-21(12-18)29-15(3)24-19/h4-9,12,14,20H,10-11,13H2,1-3H3,(H,25,28). The number of aryl methyl sites for hydroxylation is 1. The Labute approximate surface area is 174 Å². The molecule has 0 bridgehead atoms. The quantitative estimate of drug-likeness (QED) is 0.690. The first kappa shape index (κ1) is 19.6. The number of nitrogens with one attached hydrogen (secondary N) is 1. The first-order chi connectivity index (χ1) is 13.9. The van der Waals surface area contributed by atoms with Gasteiger partial charge >= 0.3 is 0 Å². The van der Waals surface area contributed by atoms with E-state index >= 15 is 0 Å². The van der Waals surface area contributed by atoms with Crippen molar-refractivity contribution in [1.29, 1.82) is 0 Å². The average molecular weight is 408 g/mol. The van der Waals surface area contributed by atoms with Crippen LogP contribution in [0.5, 0.6) is 0 Å². The van der Waals surface area contributed by atoms with E-state index in [9.17, 15) is 9.59 Å². The fraction of sp³-hybridized carbons (Fsp3) is 0.348. The summed E-state index contributed by atoms with van der Waals surface area (Å²) in [4.78, 5) is 32.3. The number of amides is 2. The molecule has 2 amide bonds. The summed E-state index contributed by atoms with van der Waals surface area (Å²) in [5, 5.41) is 4.03. The van der Waals surface area contributed by atoms with E-state index in [1.807, 2.05) is 63.2 Å². The predicted octanol–water partition coefficient (Wildman–Crippen LogP) is 4.54. The molecule has 0 fully saturated rings. The molecular weight excluding hydrogens is 382 g/mol. The zero-order valence-electron chi connectivity index (χ0n) is 16.9. The van der Waals surface area contributed by atoms with E-state index < -0.39 is 6.04 Å². The van der Waals surface area contributed by atoms with Gasteiger partial charge < -0.3 is 10.2 Å². The third-order valence-corrected chi connectivity index (χ3v) is 6.15. The minimum atomic E-state index is -0.505. The molecule has 1 atom stereocenters. The molecular formula is C23H25N3O2S. The lowest BCUT2D eigenvalue weighted by molar-refractivity contribution is -0.140. The highest BCUT2D eigenvalue weighted by molar-refractivity contribution is 7.18. The molecule has 1 aliphatic rings. The molecule has 3 aromatic rings. The Morgan fingerprint density at radius 3 is 2.72 bits per heavy atom. The molecule has 150 valence electrons. The van der Waals surface area contributed by atoms with Gasteiger partial charge in [-0.2, -0.15) is 0 Å². The Morgan fingerprint density at radius 2 is 1.97 bits per heavy atom. The van der Waals surface area contributed by atoms with Crippen molar-refractivity contribution in [2.24, 2.45) is 5.92 Å². The number of nitrogens with zero attached hydrogens (tertiary/aromatic N) is 2. The molecule has 2 heterocycles. The molecule has 1 N–H and O–H groups in total. The van der Waals surface area contributed by atoms with Crippen LogP contribution in [-0.2, 0) is 22.6 Å². The highest BCUT2D eigenvalue weighted by Gasteiger charge is 2.34. The first-order valence-corrected chi connectivity index (χ1v) is 10.8. The largest absolute Gasteiger partial charge is 0.326 e. The van der Waals surface area contributed by atoms with Gasteiger partial charge in [0.05, 0.1) is 15.2 Å². The van der Waals surface area contributed by atoms with Crippen LogP contribution in [0.1, 0.15) is 36.4 Å². The van der Waals surface area contributed by atoms with Crippen LogP contribution in [0.4, 0.5) is 5.69 Å². The van der Waals surface area contributed by atoms with Crippen LogP contribution in [0.3, 0.4) is 0 Å². The van der Waals surface area contributed by atoms with E-state index in [1.54, 1.807) is 16.2 Å². The van der Waals surface area contributed by atoms with Crippen LogP contribution in [0.15, 0.2) is 42.5 Å². The number of carbonyl (C=O) groups excluding carboxylic acids is 2. The van der Waals surface area contributed by atoms with E-state index in [4.69, 9.17) is 0 Å². The second kappa shape index (κ2) is 7.95. The molecule has 6 heteroatoms. The number of rotatable bonds is 4. The van der Waals surface area contributed by atoms with Crippen LogP contribution in [0.25, 0.3) is 10.2 Å². The average Bonchev–Trinajstić information content (AvgIpc) is 3.05. The zero-order valence-corrected chi connectivity index (χ0v) is 17.8. The Morgan fingerprint density at radius 1 is 1.21 bits per heavy atom. The molecule has 0 saturated heterocycles. The third kappa shape index (κ3) is 4.17. The summed E-state index contributed by atoms with van der Waals surface area (Å²) in [6, 6.07) is 13.3. The highest BCUT2D eigenvalue weighted by Crippen LogP contribution is 2.28. The maximum atomic E-state index is 13.2. The van der Waals surface area contributed by atoms with Crippen molar-refractivity contribution in [3.63, 3.8) is 0 Å². The Bertz CT molecular complexity index is 1070. The molecule has 1 unspecified atom stereocenters. The van der Waals surface area contributed by atoms with Crippen LogP contribution in [0.2, 0.25) is 0 Å². The molecule has 0 aliphatic carbocycles. The lowest BCUT2D eigenvalue weighted by Crippen LogP contribution is -2.50. The predicted molar refractivity (Wildman–Crippen MR) is 117 cm³/mol. The van der Waals surface area contributed by atoms with Gasteiger partial charge in [0.1, 0.15) is 6.04 Å². The second-order valence-corrected chi connectivity index (χ2v) is 9.25. The van der Waals surface area contributed by atoms with Crippen molar-refractivity contribution < 1.29 is 9.59 Å². The highest BCUT2D eigenvalue weighted by atomic mass is 32.1. The maximum Gasteiger partial charge on any atom is 0.247 e. The van der Waals surface area contributed by atoms with Crippen LogP contribution < -0.4 is 5.32 Å². The van der Waals surface area contributed by atoms with Crippen LogP contribution >= 0.6 is 11.3 Å². The molecule has 2 aromatic carbocycles. The normalized spacial score (nSPS) is 16.1. The first-order valence-electron chi connectivity index (χ1n) is 9.95. The summed E-state index contributed by atoms with van der Waals surface area (Å²) in [5.41, 5.74) is 3.93. The van der Waals surface area contributed by atoms with Crippen molar-refractivity contribution in [2.45, 2.75) is 46.2 Å². The van der Waals surface area contributed by atoms with E-state index in [0.717, 1.165) is 32.0 Å². The van der Waals surface area contributed by atoms with Gasteiger partial charge in [0.15, 0.2) is 0 Å². The van der Waals surface area contributed by atoms with Gasteiger partial charge in [-0.3, -0.25) is 9.59 Å². The molecule has 29 heavy (non-hydrogen) atoms. The lowest BCUT2D eigenvalue weighted by Gasteiger charge is -2.36. The lowest BCUT2D eigenvalue weighted by atomic mass is 9.92. The van der Waals surface area contributed by atoms with E-state index in [2.05, 4.69) is 10.3 Å². The van der Waals surface area contributed by atoms with Gasteiger partial charge in [-0.05, 0) is 42.2 Å². The number of aromatic nitrogens is 1. The van der Waals surface area contributed by atoms with Gasteiger partial charge in [-0.15, -0.1) is 11.3 Å². The fourth-order valence-electron chi connectivity index (χ4n) is 3.83. The number of carbonyl (C=O) groups is 2. The van der Waals surface area contributed by atoms with Crippen molar-refractivity contribution in [2.75, 3.05) is 5.32 Å².